The molecule has 2 aromatic carbocycles. The van der Waals surface area contributed by atoms with Crippen molar-refractivity contribution in [2.75, 3.05) is 11.4 Å². The highest BCUT2D eigenvalue weighted by Gasteiger charge is 2.31. The second kappa shape index (κ2) is 8.59. The lowest BCUT2D eigenvalue weighted by atomic mass is 10.1. The molecule has 1 unspecified atom stereocenters. The highest BCUT2D eigenvalue weighted by Crippen LogP contribution is 2.34. The minimum Gasteiger partial charge on any atom is -0.477 e. The summed E-state index contributed by atoms with van der Waals surface area (Å²) in [6, 6.07) is 17.7. The fourth-order valence-electron chi connectivity index (χ4n) is 3.29. The molecular formula is C22H25N3O2. The van der Waals surface area contributed by atoms with E-state index in [2.05, 4.69) is 30.1 Å². The van der Waals surface area contributed by atoms with Crippen LogP contribution >= 0.6 is 0 Å². The van der Waals surface area contributed by atoms with Crippen molar-refractivity contribution in [3.8, 4) is 11.8 Å². The normalized spacial score (nSPS) is 15.6. The summed E-state index contributed by atoms with van der Waals surface area (Å²) in [4.78, 5) is 14.9. The van der Waals surface area contributed by atoms with Crippen LogP contribution in [0.15, 0.2) is 48.5 Å². The number of nitriles is 1. The van der Waals surface area contributed by atoms with Crippen LogP contribution in [0.3, 0.4) is 0 Å². The lowest BCUT2D eigenvalue weighted by molar-refractivity contribution is -0.128. The number of nitrogens with zero attached hydrogens (tertiary/aromatic N) is 2. The number of benzene rings is 2. The van der Waals surface area contributed by atoms with Gasteiger partial charge in [-0.3, -0.25) is 4.79 Å². The monoisotopic (exact) mass is 363 g/mol. The van der Waals surface area contributed by atoms with Crippen LogP contribution in [0.4, 0.5) is 5.69 Å². The Kier molecular flexibility index (Phi) is 5.97. The number of ether oxygens (including phenoxy) is 1. The van der Waals surface area contributed by atoms with Gasteiger partial charge in [0.1, 0.15) is 5.75 Å². The number of carbonyl (C=O) groups excluding carboxylic acids is 1. The molecule has 0 fully saturated rings. The number of para-hydroxylation sites is 2. The van der Waals surface area contributed by atoms with Gasteiger partial charge in [-0.15, -0.1) is 0 Å². The maximum atomic E-state index is 12.7. The van der Waals surface area contributed by atoms with Crippen molar-refractivity contribution in [1.29, 1.82) is 5.26 Å². The average molecular weight is 363 g/mol. The zero-order chi connectivity index (χ0) is 19.2. The molecule has 5 heteroatoms. The third kappa shape index (κ3) is 4.40. The molecule has 1 aliphatic rings. The number of amides is 1. The van der Waals surface area contributed by atoms with E-state index >= 15 is 0 Å². The molecule has 140 valence electrons. The Balaban J connectivity index is 1.79. The summed E-state index contributed by atoms with van der Waals surface area (Å²) < 4.78 is 5.99. The molecule has 0 aromatic heterocycles. The molecule has 27 heavy (non-hydrogen) atoms. The minimum absolute atomic E-state index is 0.0666. The van der Waals surface area contributed by atoms with Gasteiger partial charge in [-0.1, -0.05) is 38.1 Å². The van der Waals surface area contributed by atoms with E-state index < -0.39 is 6.10 Å². The molecule has 0 bridgehead atoms. The largest absolute Gasteiger partial charge is 0.477 e. The first-order valence-corrected chi connectivity index (χ1v) is 9.44. The number of nitrogens with one attached hydrogen (secondary N) is 1. The van der Waals surface area contributed by atoms with Crippen LogP contribution in [-0.4, -0.2) is 24.6 Å². The summed E-state index contributed by atoms with van der Waals surface area (Å²) in [5.74, 6) is 0.658. The van der Waals surface area contributed by atoms with E-state index in [0.717, 1.165) is 29.8 Å². The van der Waals surface area contributed by atoms with Crippen LogP contribution in [0, 0.1) is 11.3 Å². The van der Waals surface area contributed by atoms with Crippen LogP contribution in [0.5, 0.6) is 5.75 Å². The van der Waals surface area contributed by atoms with Crippen LogP contribution in [-0.2, 0) is 11.3 Å². The molecule has 1 heterocycles. The molecular weight excluding hydrogens is 338 g/mol. The number of carbonyl (C=O) groups is 1. The van der Waals surface area contributed by atoms with E-state index in [1.807, 2.05) is 48.5 Å². The Hall–Kier alpha value is -3.00. The zero-order valence-corrected chi connectivity index (χ0v) is 15.8. The van der Waals surface area contributed by atoms with Gasteiger partial charge >= 0.3 is 0 Å². The van der Waals surface area contributed by atoms with Gasteiger partial charge < -0.3 is 15.0 Å². The van der Waals surface area contributed by atoms with Crippen LogP contribution in [0.2, 0.25) is 0 Å². The van der Waals surface area contributed by atoms with Crippen LogP contribution in [0.1, 0.15) is 37.8 Å². The van der Waals surface area contributed by atoms with E-state index in [-0.39, 0.29) is 11.9 Å². The van der Waals surface area contributed by atoms with Crippen molar-refractivity contribution >= 4 is 11.6 Å². The molecule has 1 atom stereocenters. The topological polar surface area (TPSA) is 65.4 Å². The SMILES string of the molecule is CCC(CC)NC(=O)C1CN(Cc2ccc(C#N)cc2)c2ccccc2O1. The minimum atomic E-state index is -0.543. The lowest BCUT2D eigenvalue weighted by Gasteiger charge is -2.36. The molecule has 5 nitrogen and oxygen atoms in total. The summed E-state index contributed by atoms with van der Waals surface area (Å²) in [5.41, 5.74) is 2.71. The first-order chi connectivity index (χ1) is 13.1. The van der Waals surface area contributed by atoms with Gasteiger partial charge in [-0.05, 0) is 42.7 Å². The Morgan fingerprint density at radius 3 is 2.59 bits per heavy atom. The fraction of sp³-hybridized carbons (Fsp3) is 0.364. The van der Waals surface area contributed by atoms with E-state index in [9.17, 15) is 4.79 Å². The molecule has 1 aliphatic heterocycles. The molecule has 1 amide bonds. The lowest BCUT2D eigenvalue weighted by Crippen LogP contribution is -2.50. The van der Waals surface area contributed by atoms with E-state index in [1.165, 1.54) is 0 Å². The molecule has 0 spiro atoms. The predicted octanol–water partition coefficient (Wildman–Crippen LogP) is 3.63. The van der Waals surface area contributed by atoms with E-state index in [1.54, 1.807) is 0 Å². The van der Waals surface area contributed by atoms with Gasteiger partial charge in [0.25, 0.3) is 5.91 Å². The van der Waals surface area contributed by atoms with Crippen molar-refractivity contribution < 1.29 is 9.53 Å². The molecule has 0 aliphatic carbocycles. The maximum absolute atomic E-state index is 12.7. The van der Waals surface area contributed by atoms with Gasteiger partial charge in [-0.2, -0.15) is 5.26 Å². The summed E-state index contributed by atoms with van der Waals surface area (Å²) in [6.07, 6.45) is 1.26. The van der Waals surface area contributed by atoms with Gasteiger partial charge in [0.05, 0.1) is 23.9 Å². The molecule has 0 radical (unpaired) electrons. The third-order valence-corrected chi connectivity index (χ3v) is 4.94. The number of anilines is 1. The smallest absolute Gasteiger partial charge is 0.263 e. The Labute approximate surface area is 160 Å². The first kappa shape index (κ1) is 18.8. The Bertz CT molecular complexity index is 822. The summed E-state index contributed by atoms with van der Waals surface area (Å²) in [6.45, 7) is 5.29. The van der Waals surface area contributed by atoms with E-state index in [4.69, 9.17) is 10.00 Å². The Morgan fingerprint density at radius 1 is 1.22 bits per heavy atom. The van der Waals surface area contributed by atoms with Crippen molar-refractivity contribution in [2.45, 2.75) is 45.4 Å². The Morgan fingerprint density at radius 2 is 1.93 bits per heavy atom. The molecule has 2 aromatic rings. The van der Waals surface area contributed by atoms with Gasteiger partial charge in [0.2, 0.25) is 0 Å². The van der Waals surface area contributed by atoms with Gasteiger partial charge in [-0.25, -0.2) is 0 Å². The fourth-order valence-corrected chi connectivity index (χ4v) is 3.29. The van der Waals surface area contributed by atoms with Gasteiger partial charge in [0, 0.05) is 12.6 Å². The van der Waals surface area contributed by atoms with Crippen LogP contribution < -0.4 is 15.0 Å². The highest BCUT2D eigenvalue weighted by molar-refractivity contribution is 5.83. The standard InChI is InChI=1S/C22H25N3O2/c1-3-18(4-2)24-22(26)21-15-25(19-7-5-6-8-20(19)27-21)14-17-11-9-16(13-23)10-12-17/h5-12,18,21H,3-4,14-15H2,1-2H3,(H,24,26). The summed E-state index contributed by atoms with van der Waals surface area (Å²) >= 11 is 0. The highest BCUT2D eigenvalue weighted by atomic mass is 16.5. The molecule has 0 saturated carbocycles. The van der Waals surface area contributed by atoms with Crippen molar-refractivity contribution in [2.24, 2.45) is 0 Å². The predicted molar refractivity (Wildman–Crippen MR) is 106 cm³/mol. The summed E-state index contributed by atoms with van der Waals surface area (Å²) in [5, 5.41) is 12.1. The number of fused-ring (bicyclic) bond motifs is 1. The molecule has 0 saturated heterocycles. The van der Waals surface area contributed by atoms with Crippen molar-refractivity contribution in [1.82, 2.24) is 5.32 Å². The second-order valence-corrected chi connectivity index (χ2v) is 6.79. The van der Waals surface area contributed by atoms with Crippen LogP contribution in [0.25, 0.3) is 0 Å². The van der Waals surface area contributed by atoms with Crippen molar-refractivity contribution in [3.63, 3.8) is 0 Å². The summed E-state index contributed by atoms with van der Waals surface area (Å²) in [7, 11) is 0. The second-order valence-electron chi connectivity index (χ2n) is 6.79. The quantitative estimate of drug-likeness (QED) is 0.851. The maximum Gasteiger partial charge on any atom is 0.263 e. The number of rotatable bonds is 6. The average Bonchev–Trinajstić information content (AvgIpc) is 2.72. The molecule has 3 rings (SSSR count). The van der Waals surface area contributed by atoms with Gasteiger partial charge in [0.15, 0.2) is 6.10 Å². The first-order valence-electron chi connectivity index (χ1n) is 9.44. The van der Waals surface area contributed by atoms with E-state index in [0.29, 0.717) is 18.7 Å². The van der Waals surface area contributed by atoms with Crippen molar-refractivity contribution in [3.05, 3.63) is 59.7 Å². The number of hydrogen-bond acceptors (Lipinski definition) is 4. The molecule has 1 N–H and O–H groups in total. The zero-order valence-electron chi connectivity index (χ0n) is 15.8. The number of hydrogen-bond donors (Lipinski definition) is 1. The third-order valence-electron chi connectivity index (χ3n) is 4.94.